The third kappa shape index (κ3) is 7.37. The lowest BCUT2D eigenvalue weighted by molar-refractivity contribution is -0.140. The summed E-state index contributed by atoms with van der Waals surface area (Å²) in [5.41, 5.74) is 2.25. The van der Waals surface area contributed by atoms with Crippen molar-refractivity contribution in [2.24, 2.45) is 0 Å². The molecule has 1 aliphatic heterocycles. The Labute approximate surface area is 236 Å². The average molecular weight is 575 g/mol. The number of fused-ring (bicyclic) bond motifs is 1. The maximum absolute atomic E-state index is 13.6. The molecule has 1 aliphatic rings. The number of methoxy groups -OCH3 is 2. The Kier molecular flexibility index (Phi) is 9.76. The molecule has 0 saturated carbocycles. The van der Waals surface area contributed by atoms with E-state index in [1.165, 1.54) is 11.7 Å². The van der Waals surface area contributed by atoms with E-state index in [1.54, 1.807) is 42.0 Å². The molecule has 40 heavy (non-hydrogen) atoms. The lowest BCUT2D eigenvalue weighted by atomic mass is 10.0. The molecule has 2 heterocycles. The van der Waals surface area contributed by atoms with Crippen molar-refractivity contribution in [3.05, 3.63) is 48.2 Å². The molecule has 0 aliphatic carbocycles. The first-order valence-electron chi connectivity index (χ1n) is 12.9. The second-order valence-electron chi connectivity index (χ2n) is 9.42. The van der Waals surface area contributed by atoms with Crippen molar-refractivity contribution in [2.75, 3.05) is 57.4 Å². The number of rotatable bonds is 9. The number of amides is 1. The highest BCUT2D eigenvalue weighted by atomic mass is 32.2. The molecule has 0 atom stereocenters. The number of carbonyl (C=O) groups is 1. The van der Waals surface area contributed by atoms with Gasteiger partial charge < -0.3 is 29.6 Å². The number of benzene rings is 2. The van der Waals surface area contributed by atoms with Crippen LogP contribution < -0.4 is 15.4 Å². The lowest BCUT2D eigenvalue weighted by Gasteiger charge is -2.33. The summed E-state index contributed by atoms with van der Waals surface area (Å²) in [6, 6.07) is 12.9. The van der Waals surface area contributed by atoms with Crippen molar-refractivity contribution in [3.8, 4) is 17.6 Å². The van der Waals surface area contributed by atoms with Gasteiger partial charge in [-0.25, -0.2) is 0 Å². The first-order valence-corrected chi connectivity index (χ1v) is 14.1. The predicted octanol–water partition coefficient (Wildman–Crippen LogP) is 5.45. The minimum absolute atomic E-state index is 0.0413. The highest BCUT2D eigenvalue weighted by Crippen LogP contribution is 2.32. The maximum atomic E-state index is 13.6. The van der Waals surface area contributed by atoms with Gasteiger partial charge in [-0.05, 0) is 61.4 Å². The molecular formula is C29H33F3N4O3S. The van der Waals surface area contributed by atoms with Gasteiger partial charge in [0.2, 0.25) is 5.91 Å². The normalized spacial score (nSPS) is 14.1. The third-order valence-corrected chi connectivity index (χ3v) is 7.48. The van der Waals surface area contributed by atoms with Crippen LogP contribution >= 0.6 is 11.8 Å². The summed E-state index contributed by atoms with van der Waals surface area (Å²) in [4.78, 5) is 14.9. The summed E-state index contributed by atoms with van der Waals surface area (Å²) in [6.07, 6.45) is -0.967. The van der Waals surface area contributed by atoms with Crippen molar-refractivity contribution >= 4 is 39.9 Å². The number of hydrogen-bond acceptors (Lipinski definition) is 6. The molecule has 1 saturated heterocycles. The van der Waals surface area contributed by atoms with Crippen LogP contribution in [-0.4, -0.2) is 74.3 Å². The molecule has 0 spiro atoms. The highest BCUT2D eigenvalue weighted by Gasteiger charge is 2.30. The van der Waals surface area contributed by atoms with Crippen molar-refractivity contribution in [3.63, 3.8) is 0 Å². The van der Waals surface area contributed by atoms with Crippen LogP contribution in [0.25, 0.3) is 10.9 Å². The number of nitrogens with zero attached hydrogens (tertiary/aromatic N) is 2. The van der Waals surface area contributed by atoms with Gasteiger partial charge in [0.25, 0.3) is 0 Å². The smallest absolute Gasteiger partial charge is 0.406 e. The van der Waals surface area contributed by atoms with E-state index in [1.807, 2.05) is 30.5 Å². The largest absolute Gasteiger partial charge is 0.495 e. The summed E-state index contributed by atoms with van der Waals surface area (Å²) >= 11 is 1.60. The number of hydrogen-bond donors (Lipinski definition) is 2. The number of piperidine rings is 1. The van der Waals surface area contributed by atoms with Crippen LogP contribution in [0.15, 0.2) is 47.4 Å². The molecule has 0 bridgehead atoms. The minimum Gasteiger partial charge on any atom is -0.495 e. The Hall–Kier alpha value is -3.49. The van der Waals surface area contributed by atoms with Crippen molar-refractivity contribution in [2.45, 2.75) is 36.5 Å². The summed E-state index contributed by atoms with van der Waals surface area (Å²) in [6.45, 7) is 0.343. The Morgan fingerprint density at radius 3 is 2.58 bits per heavy atom. The number of nitrogens with one attached hydrogen (secondary N) is 2. The van der Waals surface area contributed by atoms with Crippen LogP contribution in [-0.2, 0) is 16.1 Å². The summed E-state index contributed by atoms with van der Waals surface area (Å²) in [5, 5.41) is 7.35. The summed E-state index contributed by atoms with van der Waals surface area (Å²) < 4.78 is 52.3. The first-order chi connectivity index (χ1) is 19.2. The van der Waals surface area contributed by atoms with E-state index < -0.39 is 12.7 Å². The number of anilines is 2. The zero-order chi connectivity index (χ0) is 28.7. The van der Waals surface area contributed by atoms with E-state index in [-0.39, 0.29) is 30.8 Å². The Morgan fingerprint density at radius 1 is 1.12 bits per heavy atom. The standard InChI is InChI=1S/C29H33F3N4O3S/c1-38-18-28(37)35-14-11-20(12-15-35)34-24-7-4-8-26-23(24)16-21(36(26)19-29(30,31)32)6-5-13-33-25-10-9-22(40-3)17-27(25)39-2/h4,7-10,16-17,20,33-34H,11-15,18-19H2,1-3H3. The van der Waals surface area contributed by atoms with Crippen LogP contribution in [0.1, 0.15) is 18.5 Å². The van der Waals surface area contributed by atoms with E-state index >= 15 is 0 Å². The Balaban J connectivity index is 1.53. The summed E-state index contributed by atoms with van der Waals surface area (Å²) in [7, 11) is 3.08. The van der Waals surface area contributed by atoms with Gasteiger partial charge in [-0.15, -0.1) is 11.8 Å². The lowest BCUT2D eigenvalue weighted by Crippen LogP contribution is -2.43. The molecule has 1 aromatic heterocycles. The maximum Gasteiger partial charge on any atom is 0.406 e. The van der Waals surface area contributed by atoms with Crippen molar-refractivity contribution in [1.29, 1.82) is 0 Å². The van der Waals surface area contributed by atoms with E-state index in [0.29, 0.717) is 29.7 Å². The molecular weight excluding hydrogens is 541 g/mol. The molecule has 2 aromatic carbocycles. The van der Waals surface area contributed by atoms with Gasteiger partial charge in [-0.1, -0.05) is 12.0 Å². The fourth-order valence-corrected chi connectivity index (χ4v) is 5.22. The summed E-state index contributed by atoms with van der Waals surface area (Å²) in [5.74, 6) is 6.53. The number of aromatic nitrogens is 1. The van der Waals surface area contributed by atoms with Crippen LogP contribution in [0, 0.1) is 11.8 Å². The van der Waals surface area contributed by atoms with Crippen LogP contribution in [0.5, 0.6) is 5.75 Å². The molecule has 7 nitrogen and oxygen atoms in total. The molecule has 1 amide bonds. The fraction of sp³-hybridized carbons (Fsp3) is 0.414. The van der Waals surface area contributed by atoms with Crippen LogP contribution in [0.2, 0.25) is 0 Å². The zero-order valence-corrected chi connectivity index (χ0v) is 23.5. The Bertz CT molecular complexity index is 1390. The van der Waals surface area contributed by atoms with Gasteiger partial charge in [0.1, 0.15) is 18.9 Å². The topological polar surface area (TPSA) is 67.8 Å². The first kappa shape index (κ1) is 29.5. The Morgan fingerprint density at radius 2 is 1.90 bits per heavy atom. The molecule has 11 heteroatoms. The van der Waals surface area contributed by atoms with Crippen molar-refractivity contribution < 1.29 is 27.4 Å². The average Bonchev–Trinajstić information content (AvgIpc) is 3.28. The molecule has 4 rings (SSSR count). The zero-order valence-electron chi connectivity index (χ0n) is 22.7. The molecule has 0 unspecified atom stereocenters. The van der Waals surface area contributed by atoms with E-state index in [4.69, 9.17) is 9.47 Å². The number of carbonyl (C=O) groups excluding carboxylic acids is 1. The van der Waals surface area contributed by atoms with Gasteiger partial charge in [-0.2, -0.15) is 13.2 Å². The van der Waals surface area contributed by atoms with Gasteiger partial charge in [0, 0.05) is 42.2 Å². The van der Waals surface area contributed by atoms with Gasteiger partial charge in [0.05, 0.1) is 30.6 Å². The predicted molar refractivity (Wildman–Crippen MR) is 153 cm³/mol. The molecule has 1 fully saturated rings. The number of likely N-dealkylation sites (tertiary alicyclic amines) is 1. The highest BCUT2D eigenvalue weighted by molar-refractivity contribution is 7.98. The van der Waals surface area contributed by atoms with E-state index in [9.17, 15) is 18.0 Å². The second-order valence-corrected chi connectivity index (χ2v) is 10.3. The third-order valence-electron chi connectivity index (χ3n) is 6.75. The number of alkyl halides is 3. The van der Waals surface area contributed by atoms with Crippen molar-refractivity contribution in [1.82, 2.24) is 9.47 Å². The molecule has 2 N–H and O–H groups in total. The molecule has 214 valence electrons. The fourth-order valence-electron chi connectivity index (χ4n) is 4.79. The monoisotopic (exact) mass is 574 g/mol. The SMILES string of the molecule is COCC(=O)N1CCC(Nc2cccc3c2cc(C#CCNc2ccc(SC)cc2OC)n3CC(F)(F)F)CC1. The number of ether oxygens (including phenoxy) is 2. The van der Waals surface area contributed by atoms with Gasteiger partial charge >= 0.3 is 6.18 Å². The molecule has 0 radical (unpaired) electrons. The van der Waals surface area contributed by atoms with E-state index in [0.717, 1.165) is 29.1 Å². The van der Waals surface area contributed by atoms with Crippen LogP contribution in [0.4, 0.5) is 24.5 Å². The number of thioether (sulfide) groups is 1. The van der Waals surface area contributed by atoms with Gasteiger partial charge in [-0.3, -0.25) is 4.79 Å². The van der Waals surface area contributed by atoms with E-state index in [2.05, 4.69) is 22.5 Å². The minimum atomic E-state index is -4.40. The van der Waals surface area contributed by atoms with Gasteiger partial charge in [0.15, 0.2) is 0 Å². The molecule has 3 aromatic rings. The second kappa shape index (κ2) is 13.2. The quantitative estimate of drug-likeness (QED) is 0.262. The van der Waals surface area contributed by atoms with Crippen LogP contribution in [0.3, 0.4) is 0 Å². The number of halogens is 3.